The fraction of sp³-hybridized carbons (Fsp3) is 0.308. The summed E-state index contributed by atoms with van der Waals surface area (Å²) in [4.78, 5) is 12.5. The van der Waals surface area contributed by atoms with Gasteiger partial charge in [0.25, 0.3) is 0 Å². The molecule has 0 saturated carbocycles. The third-order valence-corrected chi connectivity index (χ3v) is 2.54. The Hall–Kier alpha value is -1.72. The van der Waals surface area contributed by atoms with Crippen molar-refractivity contribution in [1.82, 2.24) is 15.0 Å². The van der Waals surface area contributed by atoms with Crippen molar-refractivity contribution in [2.75, 3.05) is 25.1 Å². The molecule has 1 heterocycles. The Morgan fingerprint density at radius 2 is 1.95 bits per heavy atom. The van der Waals surface area contributed by atoms with E-state index in [-0.39, 0.29) is 5.28 Å². The van der Waals surface area contributed by atoms with E-state index in [0.29, 0.717) is 31.5 Å². The molecule has 0 saturated heterocycles. The molecule has 19 heavy (non-hydrogen) atoms. The number of nitrogens with zero attached hydrogens (tertiary/aromatic N) is 3. The number of rotatable bonds is 6. The fourth-order valence-corrected chi connectivity index (χ4v) is 1.68. The maximum atomic E-state index is 5.91. The van der Waals surface area contributed by atoms with Crippen LogP contribution in [0.5, 0.6) is 0 Å². The zero-order valence-corrected chi connectivity index (χ0v) is 11.4. The Morgan fingerprint density at radius 3 is 2.68 bits per heavy atom. The van der Waals surface area contributed by atoms with E-state index in [1.54, 1.807) is 0 Å². The van der Waals surface area contributed by atoms with Crippen molar-refractivity contribution in [2.45, 2.75) is 6.92 Å². The average molecular weight is 279 g/mol. The van der Waals surface area contributed by atoms with Crippen LogP contribution in [0.25, 0.3) is 11.4 Å². The van der Waals surface area contributed by atoms with Gasteiger partial charge in [-0.3, -0.25) is 0 Å². The van der Waals surface area contributed by atoms with Crippen LogP contribution < -0.4 is 5.32 Å². The highest BCUT2D eigenvalue weighted by Gasteiger charge is 2.06. The summed E-state index contributed by atoms with van der Waals surface area (Å²) in [7, 11) is 0. The molecule has 2 rings (SSSR count). The Kier molecular flexibility index (Phi) is 5.06. The van der Waals surface area contributed by atoms with Gasteiger partial charge in [-0.05, 0) is 18.5 Å². The zero-order chi connectivity index (χ0) is 13.5. The molecule has 0 amide bonds. The normalized spacial score (nSPS) is 10.4. The largest absolute Gasteiger partial charge is 0.380 e. The van der Waals surface area contributed by atoms with E-state index >= 15 is 0 Å². The highest BCUT2D eigenvalue weighted by molar-refractivity contribution is 6.28. The van der Waals surface area contributed by atoms with E-state index in [0.717, 1.165) is 5.56 Å². The van der Waals surface area contributed by atoms with Crippen LogP contribution >= 0.6 is 11.6 Å². The summed E-state index contributed by atoms with van der Waals surface area (Å²) in [5, 5.41) is 3.23. The molecule has 1 aromatic heterocycles. The maximum Gasteiger partial charge on any atom is 0.227 e. The number of hydrogen-bond acceptors (Lipinski definition) is 5. The Bertz CT molecular complexity index is 521. The first-order valence-corrected chi connectivity index (χ1v) is 6.46. The van der Waals surface area contributed by atoms with Crippen LogP contribution in [0.3, 0.4) is 0 Å². The van der Waals surface area contributed by atoms with Crippen molar-refractivity contribution >= 4 is 17.5 Å². The molecule has 0 aliphatic heterocycles. The van der Waals surface area contributed by atoms with Crippen molar-refractivity contribution < 1.29 is 4.74 Å². The lowest BCUT2D eigenvalue weighted by atomic mass is 10.2. The minimum absolute atomic E-state index is 0.174. The van der Waals surface area contributed by atoms with E-state index in [2.05, 4.69) is 20.3 Å². The van der Waals surface area contributed by atoms with Crippen molar-refractivity contribution in [3.63, 3.8) is 0 Å². The topological polar surface area (TPSA) is 59.9 Å². The van der Waals surface area contributed by atoms with E-state index in [4.69, 9.17) is 16.3 Å². The number of benzene rings is 1. The van der Waals surface area contributed by atoms with Gasteiger partial charge >= 0.3 is 0 Å². The van der Waals surface area contributed by atoms with E-state index in [1.165, 1.54) is 0 Å². The molecule has 0 aliphatic rings. The average Bonchev–Trinajstić information content (AvgIpc) is 2.44. The summed E-state index contributed by atoms with van der Waals surface area (Å²) in [6, 6.07) is 9.64. The smallest absolute Gasteiger partial charge is 0.227 e. The van der Waals surface area contributed by atoms with Gasteiger partial charge in [-0.1, -0.05) is 30.3 Å². The SMILES string of the molecule is CCOCCNc1nc(Cl)nc(-c2ccccc2)n1. The number of nitrogens with one attached hydrogen (secondary N) is 1. The summed E-state index contributed by atoms with van der Waals surface area (Å²) < 4.78 is 5.23. The summed E-state index contributed by atoms with van der Waals surface area (Å²) in [6.45, 7) is 3.87. The molecule has 2 aromatic rings. The predicted molar refractivity (Wildman–Crippen MR) is 75.3 cm³/mol. The number of halogens is 1. The van der Waals surface area contributed by atoms with Gasteiger partial charge in [-0.25, -0.2) is 0 Å². The Balaban J connectivity index is 2.11. The van der Waals surface area contributed by atoms with Crippen LogP contribution in [-0.4, -0.2) is 34.7 Å². The van der Waals surface area contributed by atoms with Gasteiger partial charge in [0.15, 0.2) is 5.82 Å². The molecule has 0 fully saturated rings. The molecule has 100 valence electrons. The molecular weight excluding hydrogens is 264 g/mol. The lowest BCUT2D eigenvalue weighted by molar-refractivity contribution is 0.158. The minimum Gasteiger partial charge on any atom is -0.380 e. The molecule has 1 N–H and O–H groups in total. The number of anilines is 1. The molecule has 0 atom stereocenters. The van der Waals surface area contributed by atoms with Crippen LogP contribution in [-0.2, 0) is 4.74 Å². The van der Waals surface area contributed by atoms with Crippen molar-refractivity contribution in [1.29, 1.82) is 0 Å². The number of ether oxygens (including phenoxy) is 1. The van der Waals surface area contributed by atoms with E-state index < -0.39 is 0 Å². The first-order chi connectivity index (χ1) is 9.29. The molecule has 0 radical (unpaired) electrons. The van der Waals surface area contributed by atoms with Crippen LogP contribution in [0.15, 0.2) is 30.3 Å². The fourth-order valence-electron chi connectivity index (χ4n) is 1.52. The zero-order valence-electron chi connectivity index (χ0n) is 10.6. The standard InChI is InChI=1S/C13H15ClN4O/c1-2-19-9-8-15-13-17-11(16-12(14)18-13)10-6-4-3-5-7-10/h3-7H,2,8-9H2,1H3,(H,15,16,17,18). The summed E-state index contributed by atoms with van der Waals surface area (Å²) in [5.74, 6) is 1.01. The van der Waals surface area contributed by atoms with Crippen LogP contribution in [0.4, 0.5) is 5.95 Å². The summed E-state index contributed by atoms with van der Waals surface area (Å²) in [6.07, 6.45) is 0. The summed E-state index contributed by atoms with van der Waals surface area (Å²) in [5.41, 5.74) is 0.902. The minimum atomic E-state index is 0.174. The third-order valence-electron chi connectivity index (χ3n) is 2.37. The van der Waals surface area contributed by atoms with Gasteiger partial charge in [0.2, 0.25) is 11.2 Å². The molecule has 6 heteroatoms. The first kappa shape index (κ1) is 13.7. The molecule has 5 nitrogen and oxygen atoms in total. The molecular formula is C13H15ClN4O. The third kappa shape index (κ3) is 4.15. The molecule has 0 spiro atoms. The Labute approximate surface area is 117 Å². The van der Waals surface area contributed by atoms with Gasteiger partial charge in [0.1, 0.15) is 0 Å². The van der Waals surface area contributed by atoms with E-state index in [1.807, 2.05) is 37.3 Å². The monoisotopic (exact) mass is 278 g/mol. The molecule has 1 aromatic carbocycles. The van der Waals surface area contributed by atoms with Crippen molar-refractivity contribution in [3.05, 3.63) is 35.6 Å². The van der Waals surface area contributed by atoms with Crippen LogP contribution in [0.2, 0.25) is 5.28 Å². The van der Waals surface area contributed by atoms with Gasteiger partial charge < -0.3 is 10.1 Å². The quantitative estimate of drug-likeness (QED) is 0.823. The van der Waals surface area contributed by atoms with Gasteiger partial charge in [0, 0.05) is 18.7 Å². The first-order valence-electron chi connectivity index (χ1n) is 6.08. The molecule has 0 unspecified atom stereocenters. The lowest BCUT2D eigenvalue weighted by Gasteiger charge is -2.06. The second kappa shape index (κ2) is 7.01. The Morgan fingerprint density at radius 1 is 1.16 bits per heavy atom. The molecule has 0 bridgehead atoms. The highest BCUT2D eigenvalue weighted by Crippen LogP contribution is 2.17. The van der Waals surface area contributed by atoms with Gasteiger partial charge in [-0.15, -0.1) is 0 Å². The van der Waals surface area contributed by atoms with Crippen LogP contribution in [0, 0.1) is 0 Å². The second-order valence-corrected chi connectivity index (χ2v) is 4.08. The van der Waals surface area contributed by atoms with Crippen LogP contribution in [0.1, 0.15) is 6.92 Å². The van der Waals surface area contributed by atoms with Gasteiger partial charge in [-0.2, -0.15) is 15.0 Å². The maximum absolute atomic E-state index is 5.91. The lowest BCUT2D eigenvalue weighted by Crippen LogP contribution is -2.12. The highest BCUT2D eigenvalue weighted by atomic mass is 35.5. The van der Waals surface area contributed by atoms with Crippen molar-refractivity contribution in [2.24, 2.45) is 0 Å². The molecule has 0 aliphatic carbocycles. The van der Waals surface area contributed by atoms with Gasteiger partial charge in [0.05, 0.1) is 6.61 Å². The van der Waals surface area contributed by atoms with E-state index in [9.17, 15) is 0 Å². The number of hydrogen-bond donors (Lipinski definition) is 1. The number of aromatic nitrogens is 3. The predicted octanol–water partition coefficient (Wildman–Crippen LogP) is 2.64. The second-order valence-electron chi connectivity index (χ2n) is 3.74. The summed E-state index contributed by atoms with van der Waals surface area (Å²) >= 11 is 5.91. The van der Waals surface area contributed by atoms with Crippen molar-refractivity contribution in [3.8, 4) is 11.4 Å².